The number of anilines is 1. The summed E-state index contributed by atoms with van der Waals surface area (Å²) >= 11 is 1.58. The van der Waals surface area contributed by atoms with Gasteiger partial charge >= 0.3 is 0 Å². The van der Waals surface area contributed by atoms with Crippen LogP contribution in [0.25, 0.3) is 11.3 Å². The van der Waals surface area contributed by atoms with E-state index in [0.29, 0.717) is 0 Å². The summed E-state index contributed by atoms with van der Waals surface area (Å²) in [4.78, 5) is 4.60. The number of thiazole rings is 1. The standard InChI is InChI=1S/C17H15FN2OS/c1-21-13-5-2-11(3-6-13)8-17-20-16(10-22-17)12-4-7-14(18)15(19)9-12/h2-7,9-10H,8,19H2,1H3. The van der Waals surface area contributed by atoms with Crippen molar-refractivity contribution in [1.82, 2.24) is 4.98 Å². The molecule has 0 radical (unpaired) electrons. The lowest BCUT2D eigenvalue weighted by Gasteiger charge is -2.02. The Labute approximate surface area is 132 Å². The van der Waals surface area contributed by atoms with Crippen molar-refractivity contribution in [2.75, 3.05) is 12.8 Å². The van der Waals surface area contributed by atoms with E-state index in [9.17, 15) is 4.39 Å². The molecule has 0 bridgehead atoms. The first-order valence-corrected chi connectivity index (χ1v) is 7.66. The molecule has 3 nitrogen and oxygen atoms in total. The van der Waals surface area contributed by atoms with Crippen LogP contribution in [0.4, 0.5) is 10.1 Å². The fraction of sp³-hybridized carbons (Fsp3) is 0.118. The number of halogens is 1. The quantitative estimate of drug-likeness (QED) is 0.737. The SMILES string of the molecule is COc1ccc(Cc2nc(-c3ccc(F)c(N)c3)cs2)cc1. The number of methoxy groups -OCH3 is 1. The second-order valence-corrected chi connectivity index (χ2v) is 5.83. The Morgan fingerprint density at radius 3 is 2.64 bits per heavy atom. The molecular weight excluding hydrogens is 299 g/mol. The van der Waals surface area contributed by atoms with E-state index in [1.807, 2.05) is 29.6 Å². The van der Waals surface area contributed by atoms with Crippen molar-refractivity contribution in [3.63, 3.8) is 0 Å². The van der Waals surface area contributed by atoms with Gasteiger partial charge in [-0.3, -0.25) is 0 Å². The topological polar surface area (TPSA) is 48.1 Å². The molecule has 112 valence electrons. The van der Waals surface area contributed by atoms with Gasteiger partial charge in [-0.1, -0.05) is 12.1 Å². The average molecular weight is 314 g/mol. The first-order chi connectivity index (χ1) is 10.7. The molecule has 2 N–H and O–H groups in total. The highest BCUT2D eigenvalue weighted by Gasteiger charge is 2.08. The van der Waals surface area contributed by atoms with Gasteiger partial charge in [0, 0.05) is 17.4 Å². The van der Waals surface area contributed by atoms with Crippen LogP contribution in [0.15, 0.2) is 47.8 Å². The second kappa shape index (κ2) is 6.15. The molecule has 5 heteroatoms. The van der Waals surface area contributed by atoms with Crippen molar-refractivity contribution in [2.24, 2.45) is 0 Å². The molecule has 0 aliphatic heterocycles. The molecule has 0 saturated heterocycles. The number of hydrogen-bond donors (Lipinski definition) is 1. The number of benzene rings is 2. The largest absolute Gasteiger partial charge is 0.497 e. The predicted octanol–water partition coefficient (Wildman–Crippen LogP) is 4.13. The molecule has 22 heavy (non-hydrogen) atoms. The van der Waals surface area contributed by atoms with Gasteiger partial charge < -0.3 is 10.5 Å². The Bertz CT molecular complexity index is 784. The van der Waals surface area contributed by atoms with Crippen molar-refractivity contribution in [3.05, 3.63) is 64.2 Å². The number of hydrogen-bond acceptors (Lipinski definition) is 4. The summed E-state index contributed by atoms with van der Waals surface area (Å²) in [5, 5.41) is 2.97. The molecule has 0 saturated carbocycles. The average Bonchev–Trinajstić information content (AvgIpc) is 2.99. The third-order valence-electron chi connectivity index (χ3n) is 3.36. The number of aromatic nitrogens is 1. The molecule has 3 aromatic rings. The zero-order chi connectivity index (χ0) is 15.5. The second-order valence-electron chi connectivity index (χ2n) is 4.89. The van der Waals surface area contributed by atoms with Crippen LogP contribution in [0.1, 0.15) is 10.6 Å². The minimum atomic E-state index is -0.405. The van der Waals surface area contributed by atoms with E-state index in [-0.39, 0.29) is 5.69 Å². The van der Waals surface area contributed by atoms with Crippen LogP contribution in [0, 0.1) is 5.82 Å². The molecular formula is C17H15FN2OS. The lowest BCUT2D eigenvalue weighted by atomic mass is 10.1. The zero-order valence-corrected chi connectivity index (χ0v) is 12.9. The van der Waals surface area contributed by atoms with Gasteiger partial charge in [-0.2, -0.15) is 0 Å². The van der Waals surface area contributed by atoms with Crippen molar-refractivity contribution in [3.8, 4) is 17.0 Å². The van der Waals surface area contributed by atoms with Crippen LogP contribution in [0.3, 0.4) is 0 Å². The molecule has 2 aromatic carbocycles. The Morgan fingerprint density at radius 2 is 1.95 bits per heavy atom. The van der Waals surface area contributed by atoms with Gasteiger partial charge in [0.2, 0.25) is 0 Å². The third-order valence-corrected chi connectivity index (χ3v) is 4.21. The lowest BCUT2D eigenvalue weighted by molar-refractivity contribution is 0.414. The summed E-state index contributed by atoms with van der Waals surface area (Å²) in [6.45, 7) is 0. The van der Waals surface area contributed by atoms with E-state index < -0.39 is 5.82 Å². The summed E-state index contributed by atoms with van der Waals surface area (Å²) in [5.41, 5.74) is 8.56. The van der Waals surface area contributed by atoms with Crippen LogP contribution in [0.5, 0.6) is 5.75 Å². The van der Waals surface area contributed by atoms with Crippen LogP contribution in [-0.4, -0.2) is 12.1 Å². The molecule has 0 atom stereocenters. The monoisotopic (exact) mass is 314 g/mol. The highest BCUT2D eigenvalue weighted by Crippen LogP contribution is 2.26. The lowest BCUT2D eigenvalue weighted by Crippen LogP contribution is -1.91. The van der Waals surface area contributed by atoms with Gasteiger partial charge in [0.1, 0.15) is 11.6 Å². The van der Waals surface area contributed by atoms with Gasteiger partial charge in [-0.15, -0.1) is 11.3 Å². The van der Waals surface area contributed by atoms with Gasteiger partial charge in [-0.05, 0) is 35.9 Å². The minimum Gasteiger partial charge on any atom is -0.497 e. The fourth-order valence-electron chi connectivity index (χ4n) is 2.15. The highest BCUT2D eigenvalue weighted by molar-refractivity contribution is 7.10. The van der Waals surface area contributed by atoms with Crippen molar-refractivity contribution >= 4 is 17.0 Å². The summed E-state index contributed by atoms with van der Waals surface area (Å²) in [6.07, 6.45) is 0.755. The maximum Gasteiger partial charge on any atom is 0.146 e. The molecule has 0 amide bonds. The third kappa shape index (κ3) is 3.09. The first kappa shape index (κ1) is 14.5. The Hall–Kier alpha value is -2.40. The number of nitrogens with two attached hydrogens (primary N) is 1. The fourth-order valence-corrected chi connectivity index (χ4v) is 2.98. The Morgan fingerprint density at radius 1 is 1.18 bits per heavy atom. The molecule has 3 rings (SSSR count). The number of nitrogens with zero attached hydrogens (tertiary/aromatic N) is 1. The number of rotatable bonds is 4. The molecule has 0 aliphatic rings. The van der Waals surface area contributed by atoms with E-state index in [2.05, 4.69) is 4.98 Å². The highest BCUT2D eigenvalue weighted by atomic mass is 32.1. The van der Waals surface area contributed by atoms with E-state index in [1.165, 1.54) is 11.6 Å². The van der Waals surface area contributed by atoms with E-state index >= 15 is 0 Å². The normalized spacial score (nSPS) is 10.6. The maximum atomic E-state index is 13.2. The molecule has 1 aromatic heterocycles. The minimum absolute atomic E-state index is 0.141. The zero-order valence-electron chi connectivity index (χ0n) is 12.0. The summed E-state index contributed by atoms with van der Waals surface area (Å²) in [5.74, 6) is 0.433. The van der Waals surface area contributed by atoms with Gasteiger partial charge in [0.05, 0.1) is 23.5 Å². The van der Waals surface area contributed by atoms with Gasteiger partial charge in [0.15, 0.2) is 0 Å². The van der Waals surface area contributed by atoms with E-state index in [1.54, 1.807) is 30.6 Å². The molecule has 0 unspecified atom stereocenters. The predicted molar refractivity (Wildman–Crippen MR) is 87.7 cm³/mol. The number of nitrogen functional groups attached to an aromatic ring is 1. The summed E-state index contributed by atoms with van der Waals surface area (Å²) in [7, 11) is 1.65. The van der Waals surface area contributed by atoms with Gasteiger partial charge in [-0.25, -0.2) is 9.37 Å². The van der Waals surface area contributed by atoms with Crippen molar-refractivity contribution < 1.29 is 9.13 Å². The van der Waals surface area contributed by atoms with E-state index in [4.69, 9.17) is 10.5 Å². The molecule has 1 heterocycles. The molecule has 0 fully saturated rings. The number of ether oxygens (including phenoxy) is 1. The molecule has 0 spiro atoms. The van der Waals surface area contributed by atoms with Crippen LogP contribution < -0.4 is 10.5 Å². The van der Waals surface area contributed by atoms with E-state index in [0.717, 1.165) is 28.4 Å². The summed E-state index contributed by atoms with van der Waals surface area (Å²) < 4.78 is 18.4. The summed E-state index contributed by atoms with van der Waals surface area (Å²) in [6, 6.07) is 12.6. The molecule has 0 aliphatic carbocycles. The smallest absolute Gasteiger partial charge is 0.146 e. The van der Waals surface area contributed by atoms with Crippen LogP contribution in [-0.2, 0) is 6.42 Å². The maximum absolute atomic E-state index is 13.2. The first-order valence-electron chi connectivity index (χ1n) is 6.78. The van der Waals surface area contributed by atoms with Crippen molar-refractivity contribution in [2.45, 2.75) is 6.42 Å². The van der Waals surface area contributed by atoms with Gasteiger partial charge in [0.25, 0.3) is 0 Å². The van der Waals surface area contributed by atoms with Crippen molar-refractivity contribution in [1.29, 1.82) is 0 Å². The Kier molecular flexibility index (Phi) is 4.06. The van der Waals surface area contributed by atoms with Crippen LogP contribution in [0.2, 0.25) is 0 Å². The van der Waals surface area contributed by atoms with Crippen LogP contribution >= 0.6 is 11.3 Å². The Balaban J connectivity index is 1.79.